The smallest absolute Gasteiger partial charge is 0.274 e. The van der Waals surface area contributed by atoms with Crippen LogP contribution in [0.5, 0.6) is 0 Å². The number of carbonyl (C=O) groups is 2. The number of hydrogen-bond acceptors (Lipinski definition) is 4. The molecule has 0 radical (unpaired) electrons. The minimum absolute atomic E-state index is 0.0748. The predicted molar refractivity (Wildman–Crippen MR) is 164 cm³/mol. The van der Waals surface area contributed by atoms with Crippen LogP contribution >= 0.6 is 0 Å². The maximum Gasteiger partial charge on any atom is 0.274 e. The zero-order valence-electron chi connectivity index (χ0n) is 24.4. The fraction of sp³-hybridized carbons (Fsp3) is 0.441. The van der Waals surface area contributed by atoms with Crippen LogP contribution in [0.25, 0.3) is 10.9 Å². The van der Waals surface area contributed by atoms with Crippen LogP contribution in [-0.4, -0.2) is 56.7 Å². The second-order valence-corrected chi connectivity index (χ2v) is 12.5. The first-order valence-electron chi connectivity index (χ1n) is 15.5. The maximum absolute atomic E-state index is 13.4. The Labute approximate surface area is 247 Å². The summed E-state index contributed by atoms with van der Waals surface area (Å²) in [5.41, 5.74) is 4.89. The van der Waals surface area contributed by atoms with E-state index >= 15 is 0 Å². The number of carbonyl (C=O) groups excluding carboxylic acids is 2. The highest BCUT2D eigenvalue weighted by molar-refractivity contribution is 6.05. The summed E-state index contributed by atoms with van der Waals surface area (Å²) in [6.45, 7) is 4.42. The number of aryl methyl sites for hydroxylation is 2. The molecule has 2 aromatic carbocycles. The summed E-state index contributed by atoms with van der Waals surface area (Å²) in [4.78, 5) is 31.1. The van der Waals surface area contributed by atoms with Gasteiger partial charge in [0.25, 0.3) is 5.91 Å². The predicted octanol–water partition coefficient (Wildman–Crippen LogP) is 4.77. The fourth-order valence-electron chi connectivity index (χ4n) is 6.82. The first kappa shape index (κ1) is 27.0. The lowest BCUT2D eigenvalue weighted by Crippen LogP contribution is -2.44. The van der Waals surface area contributed by atoms with Crippen molar-refractivity contribution in [1.29, 1.82) is 0 Å². The van der Waals surface area contributed by atoms with Crippen LogP contribution in [0.4, 0.5) is 5.69 Å². The molecule has 1 aliphatic carbocycles. The Morgan fingerprint density at radius 3 is 2.52 bits per heavy atom. The van der Waals surface area contributed by atoms with E-state index in [-0.39, 0.29) is 23.8 Å². The first-order valence-corrected chi connectivity index (χ1v) is 15.5. The van der Waals surface area contributed by atoms with E-state index in [1.54, 1.807) is 0 Å². The van der Waals surface area contributed by atoms with Gasteiger partial charge in [0.1, 0.15) is 0 Å². The van der Waals surface area contributed by atoms with Crippen molar-refractivity contribution in [3.05, 3.63) is 83.8 Å². The van der Waals surface area contributed by atoms with Crippen molar-refractivity contribution in [2.75, 3.05) is 24.5 Å². The number of piperidine rings is 1. The zero-order valence-corrected chi connectivity index (χ0v) is 24.4. The van der Waals surface area contributed by atoms with E-state index in [0.717, 1.165) is 51.0 Å². The molecule has 0 spiro atoms. The molecule has 7 rings (SSSR count). The molecule has 1 atom stereocenters. The lowest BCUT2D eigenvalue weighted by Gasteiger charge is -2.31. The molecule has 8 heteroatoms. The molecule has 8 nitrogen and oxygen atoms in total. The molecule has 1 saturated carbocycles. The summed E-state index contributed by atoms with van der Waals surface area (Å²) in [5, 5.41) is 9.25. The quantitative estimate of drug-likeness (QED) is 0.335. The molecule has 42 heavy (non-hydrogen) atoms. The van der Waals surface area contributed by atoms with E-state index in [1.165, 1.54) is 29.3 Å². The number of amides is 2. The second-order valence-electron chi connectivity index (χ2n) is 12.5. The van der Waals surface area contributed by atoms with Gasteiger partial charge in [0, 0.05) is 55.9 Å². The Morgan fingerprint density at radius 2 is 1.74 bits per heavy atom. The Kier molecular flexibility index (Phi) is 7.32. The molecular formula is C34H40N6O2. The molecule has 0 unspecified atom stereocenters. The van der Waals surface area contributed by atoms with Gasteiger partial charge >= 0.3 is 0 Å². The molecular weight excluding hydrogens is 524 g/mol. The summed E-state index contributed by atoms with van der Waals surface area (Å²) in [5.74, 6) is 0.651. The van der Waals surface area contributed by atoms with Gasteiger partial charge in [-0.1, -0.05) is 48.5 Å². The molecule has 4 heterocycles. The number of nitrogens with one attached hydrogen (secondary N) is 1. The van der Waals surface area contributed by atoms with Crippen LogP contribution in [0, 0.1) is 11.8 Å². The van der Waals surface area contributed by atoms with Crippen LogP contribution in [0.15, 0.2) is 67.0 Å². The van der Waals surface area contributed by atoms with Crippen LogP contribution in [-0.2, 0) is 31.4 Å². The van der Waals surface area contributed by atoms with Crippen LogP contribution in [0.1, 0.15) is 53.7 Å². The van der Waals surface area contributed by atoms with Crippen LogP contribution < -0.4 is 10.2 Å². The van der Waals surface area contributed by atoms with E-state index in [2.05, 4.69) is 64.4 Å². The Balaban J connectivity index is 0.983. The normalized spacial score (nSPS) is 20.0. The number of benzene rings is 2. The summed E-state index contributed by atoms with van der Waals surface area (Å²) < 4.78 is 4.13. The maximum atomic E-state index is 13.4. The van der Waals surface area contributed by atoms with Gasteiger partial charge in [-0.15, -0.1) is 0 Å². The van der Waals surface area contributed by atoms with Gasteiger partial charge in [-0.2, -0.15) is 5.10 Å². The number of fused-ring (bicyclic) bond motifs is 2. The first-order chi connectivity index (χ1) is 20.5. The third-order valence-electron chi connectivity index (χ3n) is 9.35. The van der Waals surface area contributed by atoms with Crippen molar-refractivity contribution in [2.24, 2.45) is 18.9 Å². The number of anilines is 1. The molecule has 2 fully saturated rings. The van der Waals surface area contributed by atoms with Gasteiger partial charge in [-0.05, 0) is 74.7 Å². The van der Waals surface area contributed by atoms with Crippen molar-refractivity contribution in [1.82, 2.24) is 24.6 Å². The number of para-hydroxylation sites is 1. The summed E-state index contributed by atoms with van der Waals surface area (Å²) >= 11 is 0. The van der Waals surface area contributed by atoms with Crippen molar-refractivity contribution >= 4 is 28.4 Å². The Morgan fingerprint density at radius 1 is 0.976 bits per heavy atom. The van der Waals surface area contributed by atoms with Crippen molar-refractivity contribution < 1.29 is 9.59 Å². The standard InChI is InChI=1S/C34H40N6O2/c1-37-20-27(29-9-5-6-10-30(29)37)21-38-16-13-24(14-17-38)15-18-39-23-31-32(36-39)33(41)35-28(19-25-7-3-2-4-8-25)22-40(31)34(42)26-11-12-26/h2-10,20,23-24,26,28H,11-19,21-22H2,1H3,(H,35,41)/t28-/m0/s1. The lowest BCUT2D eigenvalue weighted by molar-refractivity contribution is -0.119. The number of hydrogen-bond donors (Lipinski definition) is 1. The molecule has 2 amide bonds. The van der Waals surface area contributed by atoms with E-state index in [1.807, 2.05) is 34.0 Å². The minimum atomic E-state index is -0.183. The lowest BCUT2D eigenvalue weighted by atomic mass is 9.93. The molecule has 1 saturated heterocycles. The largest absolute Gasteiger partial charge is 0.350 e. The van der Waals surface area contributed by atoms with Crippen LogP contribution in [0.2, 0.25) is 0 Å². The molecule has 1 N–H and O–H groups in total. The fourth-order valence-corrected chi connectivity index (χ4v) is 6.82. The summed E-state index contributed by atoms with van der Waals surface area (Å²) in [6, 6.07) is 18.6. The molecule has 2 aliphatic heterocycles. The minimum Gasteiger partial charge on any atom is -0.350 e. The second kappa shape index (κ2) is 11.4. The average molecular weight is 565 g/mol. The van der Waals surface area contributed by atoms with E-state index in [4.69, 9.17) is 5.10 Å². The summed E-state index contributed by atoms with van der Waals surface area (Å²) in [7, 11) is 2.13. The van der Waals surface area contributed by atoms with Gasteiger partial charge in [0.05, 0.1) is 11.7 Å². The molecule has 3 aliphatic rings. The Hall–Kier alpha value is -3.91. The highest BCUT2D eigenvalue weighted by Gasteiger charge is 2.39. The highest BCUT2D eigenvalue weighted by Crippen LogP contribution is 2.35. The third-order valence-corrected chi connectivity index (χ3v) is 9.35. The number of likely N-dealkylation sites (tertiary alicyclic amines) is 1. The number of nitrogens with zero attached hydrogens (tertiary/aromatic N) is 5. The van der Waals surface area contributed by atoms with E-state index in [0.29, 0.717) is 30.3 Å². The van der Waals surface area contributed by atoms with Gasteiger partial charge in [0.15, 0.2) is 5.69 Å². The zero-order chi connectivity index (χ0) is 28.6. The van der Waals surface area contributed by atoms with Crippen molar-refractivity contribution in [2.45, 2.75) is 57.7 Å². The van der Waals surface area contributed by atoms with Crippen LogP contribution in [0.3, 0.4) is 0 Å². The molecule has 2 aromatic heterocycles. The summed E-state index contributed by atoms with van der Waals surface area (Å²) in [6.07, 6.45) is 10.1. The van der Waals surface area contributed by atoms with Gasteiger partial charge in [-0.3, -0.25) is 19.2 Å². The van der Waals surface area contributed by atoms with Crippen molar-refractivity contribution in [3.63, 3.8) is 0 Å². The Bertz CT molecular complexity index is 1580. The van der Waals surface area contributed by atoms with Crippen molar-refractivity contribution in [3.8, 4) is 0 Å². The molecule has 0 bridgehead atoms. The van der Waals surface area contributed by atoms with Gasteiger partial charge < -0.3 is 14.8 Å². The van der Waals surface area contributed by atoms with Gasteiger partial charge in [-0.25, -0.2) is 0 Å². The monoisotopic (exact) mass is 564 g/mol. The molecule has 4 aromatic rings. The molecule has 218 valence electrons. The third kappa shape index (κ3) is 5.60. The van der Waals surface area contributed by atoms with Gasteiger partial charge in [0.2, 0.25) is 5.91 Å². The SMILES string of the molecule is Cn1cc(CN2CCC(CCn3cc4c(n3)C(=O)N[C@@H](Cc3ccccc3)CN4C(=O)C3CC3)CC2)c2ccccc21. The topological polar surface area (TPSA) is 75.4 Å². The van der Waals surface area contributed by atoms with E-state index in [9.17, 15) is 9.59 Å². The highest BCUT2D eigenvalue weighted by atomic mass is 16.2. The van der Waals surface area contributed by atoms with E-state index < -0.39 is 0 Å². The number of rotatable bonds is 8. The average Bonchev–Trinajstić information content (AvgIpc) is 3.72. The number of aromatic nitrogens is 3.